The van der Waals surface area contributed by atoms with Gasteiger partial charge >= 0.3 is 11.9 Å². The number of aromatic nitrogens is 4. The van der Waals surface area contributed by atoms with Gasteiger partial charge in [-0.15, -0.1) is 0 Å². The van der Waals surface area contributed by atoms with Crippen molar-refractivity contribution in [3.63, 3.8) is 0 Å². The van der Waals surface area contributed by atoms with Gasteiger partial charge < -0.3 is 25.5 Å². The maximum Gasteiger partial charge on any atom is 0.323 e. The fourth-order valence-electron chi connectivity index (χ4n) is 6.05. The number of fused-ring (bicyclic) bond motifs is 1. The van der Waals surface area contributed by atoms with Crippen molar-refractivity contribution >= 4 is 29.1 Å². The highest BCUT2D eigenvalue weighted by molar-refractivity contribution is 5.75. The number of nitrogens with zero attached hydrogens (tertiary/aromatic N) is 4. The lowest BCUT2D eigenvalue weighted by atomic mass is 10.0. The normalized spacial score (nSPS) is 13.4. The van der Waals surface area contributed by atoms with E-state index in [1.807, 2.05) is 18.4 Å². The number of nitrogens with two attached hydrogens (primary N) is 2. The van der Waals surface area contributed by atoms with Crippen molar-refractivity contribution in [3.05, 3.63) is 12.5 Å². The summed E-state index contributed by atoms with van der Waals surface area (Å²) in [5, 5.41) is 0. The van der Waals surface area contributed by atoms with E-state index in [9.17, 15) is 9.59 Å². The molecule has 0 amide bonds. The average molecular weight is 673 g/mol. The second kappa shape index (κ2) is 26.2. The third-order valence-corrected chi connectivity index (χ3v) is 9.60. The van der Waals surface area contributed by atoms with E-state index in [0.29, 0.717) is 30.6 Å². The van der Waals surface area contributed by atoms with Crippen molar-refractivity contribution in [3.8, 4) is 0 Å². The molecule has 0 unspecified atom stereocenters. The maximum atomic E-state index is 12.6. The number of rotatable bonds is 30. The number of ether oxygens (including phenoxy) is 2. The molecule has 274 valence electrons. The number of imidazole rings is 1. The van der Waals surface area contributed by atoms with Crippen LogP contribution in [0.15, 0.2) is 12.5 Å². The Kier molecular flexibility index (Phi) is 22.6. The first kappa shape index (κ1) is 41.4. The number of esters is 2. The molecule has 0 aromatic carbocycles. The van der Waals surface area contributed by atoms with Crippen LogP contribution in [0.3, 0.4) is 0 Å². The molecule has 2 aromatic rings. The largest absolute Gasteiger partial charge is 0.465 e. The SMILES string of the molecule is CCCCCCCCCCCCCCCCCCCCCC(=O)OC[C@H](CCOC(=O)[C@@H](N)[C@@H](C)CC)Cn1cnc2cnc(N)nc21. The molecule has 0 spiro atoms. The molecule has 0 bridgehead atoms. The Balaban J connectivity index is 1.57. The molecule has 0 saturated carbocycles. The van der Waals surface area contributed by atoms with E-state index in [1.165, 1.54) is 103 Å². The molecule has 4 N–H and O–H groups in total. The average Bonchev–Trinajstić information content (AvgIpc) is 3.48. The first-order valence-electron chi connectivity index (χ1n) is 19.4. The van der Waals surface area contributed by atoms with Crippen LogP contribution >= 0.6 is 0 Å². The number of unbranched alkanes of at least 4 members (excludes halogenated alkanes) is 18. The Hall–Kier alpha value is -2.75. The summed E-state index contributed by atoms with van der Waals surface area (Å²) in [6.07, 6.45) is 30.1. The summed E-state index contributed by atoms with van der Waals surface area (Å²) in [5.41, 5.74) is 13.1. The Morgan fingerprint density at radius 3 is 1.88 bits per heavy atom. The van der Waals surface area contributed by atoms with Gasteiger partial charge in [0.25, 0.3) is 0 Å². The summed E-state index contributed by atoms with van der Waals surface area (Å²) >= 11 is 0. The summed E-state index contributed by atoms with van der Waals surface area (Å²) in [5.74, 6) is -0.497. The van der Waals surface area contributed by atoms with Crippen LogP contribution in [0.1, 0.15) is 162 Å². The second-order valence-corrected chi connectivity index (χ2v) is 13.9. The Labute approximate surface area is 290 Å². The van der Waals surface area contributed by atoms with Crippen LogP contribution in [-0.2, 0) is 25.6 Å². The summed E-state index contributed by atoms with van der Waals surface area (Å²) < 4.78 is 13.0. The Morgan fingerprint density at radius 1 is 0.792 bits per heavy atom. The number of carbonyl (C=O) groups excluding carboxylic acids is 2. The molecule has 0 fully saturated rings. The molecule has 0 saturated heterocycles. The van der Waals surface area contributed by atoms with E-state index >= 15 is 0 Å². The number of anilines is 1. The maximum absolute atomic E-state index is 12.6. The van der Waals surface area contributed by atoms with Crippen molar-refractivity contribution in [2.75, 3.05) is 18.9 Å². The van der Waals surface area contributed by atoms with Gasteiger partial charge in [-0.25, -0.2) is 9.97 Å². The number of nitrogen functional groups attached to an aromatic ring is 1. The van der Waals surface area contributed by atoms with Gasteiger partial charge in [0.15, 0.2) is 5.65 Å². The molecule has 0 aliphatic rings. The summed E-state index contributed by atoms with van der Waals surface area (Å²) in [6, 6.07) is -0.650. The number of hydrogen-bond donors (Lipinski definition) is 2. The molecule has 48 heavy (non-hydrogen) atoms. The molecule has 2 heterocycles. The molecule has 3 atom stereocenters. The fourth-order valence-corrected chi connectivity index (χ4v) is 6.05. The lowest BCUT2D eigenvalue weighted by Gasteiger charge is -2.20. The topological polar surface area (TPSA) is 148 Å². The van der Waals surface area contributed by atoms with Crippen LogP contribution < -0.4 is 11.5 Å². The predicted octanol–water partition coefficient (Wildman–Crippen LogP) is 8.70. The summed E-state index contributed by atoms with van der Waals surface area (Å²) in [7, 11) is 0. The first-order valence-corrected chi connectivity index (χ1v) is 19.4. The summed E-state index contributed by atoms with van der Waals surface area (Å²) in [6.45, 7) is 7.10. The molecular formula is C38H68N6O4. The van der Waals surface area contributed by atoms with Crippen molar-refractivity contribution in [1.29, 1.82) is 0 Å². The van der Waals surface area contributed by atoms with Crippen LogP contribution in [-0.4, -0.2) is 50.7 Å². The lowest BCUT2D eigenvalue weighted by Crippen LogP contribution is -2.38. The zero-order valence-corrected chi connectivity index (χ0v) is 30.6. The zero-order chi connectivity index (χ0) is 34.8. The van der Waals surface area contributed by atoms with Gasteiger partial charge in [-0.1, -0.05) is 143 Å². The van der Waals surface area contributed by atoms with Crippen molar-refractivity contribution in [2.24, 2.45) is 17.6 Å². The van der Waals surface area contributed by atoms with Gasteiger partial charge in [-0.2, -0.15) is 4.98 Å². The van der Waals surface area contributed by atoms with Gasteiger partial charge in [0.2, 0.25) is 5.95 Å². The van der Waals surface area contributed by atoms with E-state index in [4.69, 9.17) is 20.9 Å². The predicted molar refractivity (Wildman–Crippen MR) is 195 cm³/mol. The molecule has 10 nitrogen and oxygen atoms in total. The van der Waals surface area contributed by atoms with Gasteiger partial charge in [-0.05, 0) is 18.8 Å². The van der Waals surface area contributed by atoms with E-state index in [-0.39, 0.29) is 37.0 Å². The van der Waals surface area contributed by atoms with Crippen LogP contribution in [0.25, 0.3) is 11.2 Å². The zero-order valence-electron chi connectivity index (χ0n) is 30.6. The highest BCUT2D eigenvalue weighted by Crippen LogP contribution is 2.18. The molecule has 0 aliphatic heterocycles. The quantitative estimate of drug-likeness (QED) is 0.0614. The molecule has 0 radical (unpaired) electrons. The van der Waals surface area contributed by atoms with E-state index in [2.05, 4.69) is 21.9 Å². The third-order valence-electron chi connectivity index (χ3n) is 9.60. The first-order chi connectivity index (χ1) is 23.3. The minimum atomic E-state index is -0.650. The summed E-state index contributed by atoms with van der Waals surface area (Å²) in [4.78, 5) is 37.7. The minimum Gasteiger partial charge on any atom is -0.465 e. The molecular weight excluding hydrogens is 604 g/mol. The highest BCUT2D eigenvalue weighted by Gasteiger charge is 2.22. The van der Waals surface area contributed by atoms with Crippen LogP contribution in [0.2, 0.25) is 0 Å². The molecule has 10 heteroatoms. The monoisotopic (exact) mass is 673 g/mol. The van der Waals surface area contributed by atoms with Crippen molar-refractivity contribution in [2.45, 2.75) is 175 Å². The van der Waals surface area contributed by atoms with E-state index in [0.717, 1.165) is 25.7 Å². The highest BCUT2D eigenvalue weighted by atomic mass is 16.5. The molecule has 2 rings (SSSR count). The fraction of sp³-hybridized carbons (Fsp3) is 0.816. The number of carbonyl (C=O) groups is 2. The van der Waals surface area contributed by atoms with Gasteiger partial charge in [0, 0.05) is 18.9 Å². The second-order valence-electron chi connectivity index (χ2n) is 13.9. The van der Waals surface area contributed by atoms with Gasteiger partial charge in [0.1, 0.15) is 11.6 Å². The van der Waals surface area contributed by atoms with E-state index < -0.39 is 12.0 Å². The Bertz CT molecular complexity index is 1130. The van der Waals surface area contributed by atoms with Crippen LogP contribution in [0.5, 0.6) is 0 Å². The minimum absolute atomic E-state index is 0.0424. The third kappa shape index (κ3) is 18.1. The molecule has 2 aromatic heterocycles. The number of hydrogen-bond acceptors (Lipinski definition) is 9. The Morgan fingerprint density at radius 2 is 1.33 bits per heavy atom. The van der Waals surface area contributed by atoms with Crippen LogP contribution in [0.4, 0.5) is 5.95 Å². The van der Waals surface area contributed by atoms with E-state index in [1.54, 1.807) is 12.5 Å². The van der Waals surface area contributed by atoms with Gasteiger partial charge in [0.05, 0.1) is 25.7 Å². The van der Waals surface area contributed by atoms with Crippen molar-refractivity contribution < 1.29 is 19.1 Å². The van der Waals surface area contributed by atoms with Crippen LogP contribution in [0, 0.1) is 11.8 Å². The standard InChI is InChI=1S/C38H68N6O4/c1-4-6-7-8-9-10-11-12-13-14-15-16-17-18-19-20-21-22-23-24-34(45)48-29-32(25-26-47-37(46)35(39)31(3)5-2)28-44-30-42-33-27-41-38(40)43-36(33)44/h27,30-32,35H,4-26,28-29,39H2,1-3H3,(H2,40,41,43)/t31-,32+,35-/m0/s1. The lowest BCUT2D eigenvalue weighted by molar-refractivity contribution is -0.149. The smallest absolute Gasteiger partial charge is 0.323 e. The van der Waals surface area contributed by atoms with Crippen molar-refractivity contribution in [1.82, 2.24) is 19.5 Å². The molecule has 0 aliphatic carbocycles. The van der Waals surface area contributed by atoms with Gasteiger partial charge in [-0.3, -0.25) is 9.59 Å².